The Hall–Kier alpha value is -1.49. The fraction of sp³-hybridized carbons (Fsp3) is 0.902. The van der Waals surface area contributed by atoms with Gasteiger partial charge >= 0.3 is 5.97 Å². The van der Waals surface area contributed by atoms with Crippen LogP contribution >= 0.6 is 0 Å². The number of aliphatic hydroxyl groups excluding tert-OH is 1. The van der Waals surface area contributed by atoms with E-state index in [-0.39, 0.29) is 115 Å². The van der Waals surface area contributed by atoms with Crippen molar-refractivity contribution in [2.24, 2.45) is 11.8 Å². The highest BCUT2D eigenvalue weighted by Gasteiger charge is 2.64. The van der Waals surface area contributed by atoms with Gasteiger partial charge in [-0.1, -0.05) is 45.1 Å². The van der Waals surface area contributed by atoms with E-state index in [1.165, 1.54) is 0 Å². The molecule has 11 rings (SSSR count). The molecule has 0 aromatic rings. The highest BCUT2D eigenvalue weighted by Crippen LogP contribution is 2.55. The third-order valence-corrected chi connectivity index (χ3v) is 18.4. The third-order valence-electron chi connectivity index (χ3n) is 18.4. The van der Waals surface area contributed by atoms with Gasteiger partial charge in [0.25, 0.3) is 0 Å². The van der Waals surface area contributed by atoms with Crippen LogP contribution in [0.25, 0.3) is 0 Å². The molecule has 0 aliphatic carbocycles. The second kappa shape index (κ2) is 16.0. The van der Waals surface area contributed by atoms with Gasteiger partial charge in [0.15, 0.2) is 0 Å². The normalized spacial score (nSPS) is 58.3. The number of fused-ring (bicyclic) bond motifs is 10. The molecule has 0 saturated carbocycles. The predicted octanol–water partition coefficient (Wildman–Crippen LogP) is 6.76. The van der Waals surface area contributed by atoms with E-state index >= 15 is 0 Å². The van der Waals surface area contributed by atoms with E-state index in [0.29, 0.717) is 44.9 Å². The first kappa shape index (κ1) is 45.0. The molecule has 0 bridgehead atoms. The molecular weight excluding hydrogens is 821 g/mol. The highest BCUT2D eigenvalue weighted by molar-refractivity contribution is 5.71. The van der Waals surface area contributed by atoms with E-state index < -0.39 is 34.1 Å². The number of aliphatic hydroxyl groups is 1. The van der Waals surface area contributed by atoms with E-state index in [0.717, 1.165) is 50.5 Å². The zero-order valence-corrected chi connectivity index (χ0v) is 39.6. The van der Waals surface area contributed by atoms with Gasteiger partial charge in [-0.25, -0.2) is 0 Å². The van der Waals surface area contributed by atoms with Crippen LogP contribution in [0, 0.1) is 11.8 Å². The van der Waals surface area contributed by atoms with Gasteiger partial charge in [-0.05, 0) is 85.0 Å². The van der Waals surface area contributed by atoms with Crippen LogP contribution in [0.5, 0.6) is 0 Å². The molecule has 13 nitrogen and oxygen atoms in total. The largest absolute Gasteiger partial charge is 0.459 e. The van der Waals surface area contributed by atoms with E-state index in [9.17, 15) is 9.90 Å². The Morgan fingerprint density at radius 1 is 0.672 bits per heavy atom. The smallest absolute Gasteiger partial charge is 0.306 e. The van der Waals surface area contributed by atoms with Crippen molar-refractivity contribution in [3.05, 3.63) is 24.3 Å². The van der Waals surface area contributed by atoms with E-state index in [1.54, 1.807) is 0 Å². The molecule has 10 fully saturated rings. The number of carbonyl (C=O) groups excluding carboxylic acids is 1. The number of esters is 1. The van der Waals surface area contributed by atoms with Crippen LogP contribution in [0.4, 0.5) is 0 Å². The molecule has 7 unspecified atom stereocenters. The molecule has 358 valence electrons. The minimum Gasteiger partial charge on any atom is -0.459 e. The molecular formula is C51H76O13. The monoisotopic (exact) mass is 897 g/mol. The first-order chi connectivity index (χ1) is 30.4. The van der Waals surface area contributed by atoms with Gasteiger partial charge in [-0.3, -0.25) is 4.79 Å². The lowest BCUT2D eigenvalue weighted by Crippen LogP contribution is -2.70. The van der Waals surface area contributed by atoms with Crippen LogP contribution in [0.15, 0.2) is 24.3 Å². The lowest BCUT2D eigenvalue weighted by Gasteiger charge is -2.60. The van der Waals surface area contributed by atoms with E-state index in [4.69, 9.17) is 52.1 Å². The Kier molecular flexibility index (Phi) is 11.3. The van der Waals surface area contributed by atoms with Crippen molar-refractivity contribution in [3.63, 3.8) is 0 Å². The van der Waals surface area contributed by atoms with Gasteiger partial charge in [-0.15, -0.1) is 0 Å². The first-order valence-corrected chi connectivity index (χ1v) is 25.2. The van der Waals surface area contributed by atoms with Crippen LogP contribution in [-0.4, -0.2) is 143 Å². The van der Waals surface area contributed by atoms with Crippen molar-refractivity contribution in [2.45, 2.75) is 277 Å². The summed E-state index contributed by atoms with van der Waals surface area (Å²) in [6, 6.07) is 0. The zero-order chi connectivity index (χ0) is 44.7. The van der Waals surface area contributed by atoms with Crippen LogP contribution in [0.1, 0.15) is 145 Å². The second-order valence-corrected chi connectivity index (χ2v) is 23.4. The molecule has 24 atom stereocenters. The number of rotatable bonds is 3. The predicted molar refractivity (Wildman–Crippen MR) is 233 cm³/mol. The van der Waals surface area contributed by atoms with Gasteiger partial charge in [0.1, 0.15) is 17.8 Å². The average molecular weight is 897 g/mol. The molecule has 11 heterocycles. The molecule has 1 N–H and O–H groups in total. The Morgan fingerprint density at radius 2 is 1.44 bits per heavy atom. The minimum atomic E-state index is -0.821. The summed E-state index contributed by atoms with van der Waals surface area (Å²) in [5.74, 6) is 0.142. The Bertz CT molecular complexity index is 1840. The number of ether oxygens (including phenoxy) is 11. The standard InChI is InChI=1S/C51H76O13/c1-10-26(2)16-29-19-38(52)51(9)42(54-29)21-34-35(61-51)20-33-30(55-34)12-11-14-47(5)43(58-33)25-50(8)41(62-47)23-40-48(6,64-50)15-13-31-45(60-40)27(3)17-32-37(56-31)24-49(7)39(57-32)22-36-46(63-49)28(4)18-44(53)59-36/h11-12,27-43,45-46,52H,2,10,13-25H2,1,3-9H3/b12-11-/t27-,28?,29-,30-,31?,32+,33?,34+,35?,36+,37?,38+,39-,40+,41-,42-,43?,45-,46?,47+,48-,49+,50+,51+/m1/s1. The van der Waals surface area contributed by atoms with Gasteiger partial charge in [0, 0.05) is 44.9 Å². The average Bonchev–Trinajstić information content (AvgIpc) is 3.43. The molecule has 10 saturated heterocycles. The van der Waals surface area contributed by atoms with Crippen molar-refractivity contribution >= 4 is 5.97 Å². The lowest BCUT2D eigenvalue weighted by molar-refractivity contribution is -0.356. The maximum Gasteiger partial charge on any atom is 0.306 e. The van der Waals surface area contributed by atoms with Crippen molar-refractivity contribution in [1.82, 2.24) is 0 Å². The van der Waals surface area contributed by atoms with Crippen LogP contribution in [0.3, 0.4) is 0 Å². The Morgan fingerprint density at radius 3 is 2.25 bits per heavy atom. The first-order valence-electron chi connectivity index (χ1n) is 25.2. The summed E-state index contributed by atoms with van der Waals surface area (Å²) in [7, 11) is 0. The van der Waals surface area contributed by atoms with Crippen LogP contribution in [0.2, 0.25) is 0 Å². The Balaban J connectivity index is 0.774. The van der Waals surface area contributed by atoms with Crippen LogP contribution in [-0.2, 0) is 56.9 Å². The SMILES string of the molecule is C=C(CC)C[C@@H]1C[C@H](O)[C@]2(C)OC3CC4OC5C[C@]6(C)O[C@]7(C)CCC8OC9C[C@]%10(C)OC%11C(C)CC(=O)O[C@H]%11C[C@H]%10O[C@H]9C[C@@H](C)[C@H]8O[C@H]7C[C@H]6O[C@@]5(C)C/C=C\[C@H]4O[C@H]3C[C@H]2O1. The topological polar surface area (TPSA) is 139 Å². The second-order valence-electron chi connectivity index (χ2n) is 23.4. The fourth-order valence-corrected chi connectivity index (χ4v) is 14.4. The third kappa shape index (κ3) is 7.55. The maximum absolute atomic E-state index is 12.3. The van der Waals surface area contributed by atoms with E-state index in [1.807, 2.05) is 6.92 Å². The van der Waals surface area contributed by atoms with Gasteiger partial charge < -0.3 is 57.2 Å². The van der Waals surface area contributed by atoms with Crippen molar-refractivity contribution in [3.8, 4) is 0 Å². The van der Waals surface area contributed by atoms with Gasteiger partial charge in [0.05, 0.1) is 120 Å². The molecule has 11 aliphatic heterocycles. The maximum atomic E-state index is 12.3. The van der Waals surface area contributed by atoms with Gasteiger partial charge in [0.2, 0.25) is 0 Å². The number of hydrogen-bond acceptors (Lipinski definition) is 13. The summed E-state index contributed by atoms with van der Waals surface area (Å²) >= 11 is 0. The molecule has 0 radical (unpaired) electrons. The summed E-state index contributed by atoms with van der Waals surface area (Å²) in [6.07, 6.45) is 10.7. The van der Waals surface area contributed by atoms with Gasteiger partial charge in [-0.2, -0.15) is 0 Å². The Labute approximate surface area is 380 Å². The quantitative estimate of drug-likeness (QED) is 0.236. The zero-order valence-electron chi connectivity index (χ0n) is 39.6. The number of carbonyl (C=O) groups is 1. The summed E-state index contributed by atoms with van der Waals surface area (Å²) in [5.41, 5.74) is -1.96. The summed E-state index contributed by atoms with van der Waals surface area (Å²) in [5, 5.41) is 11.5. The molecule has 64 heavy (non-hydrogen) atoms. The highest BCUT2D eigenvalue weighted by atomic mass is 16.7. The molecule has 0 spiro atoms. The number of hydrogen-bond donors (Lipinski definition) is 1. The molecule has 11 aliphatic rings. The van der Waals surface area contributed by atoms with Crippen molar-refractivity contribution in [1.29, 1.82) is 0 Å². The minimum absolute atomic E-state index is 0.0740. The fourth-order valence-electron chi connectivity index (χ4n) is 14.4. The summed E-state index contributed by atoms with van der Waals surface area (Å²) in [4.78, 5) is 12.3. The van der Waals surface area contributed by atoms with Crippen molar-refractivity contribution < 1.29 is 62.0 Å². The summed E-state index contributed by atoms with van der Waals surface area (Å²) in [6.45, 7) is 21.5. The molecule has 0 amide bonds. The molecule has 0 aromatic heterocycles. The lowest BCUT2D eigenvalue weighted by atomic mass is 9.72. The molecule has 13 heteroatoms. The van der Waals surface area contributed by atoms with Crippen LogP contribution < -0.4 is 0 Å². The van der Waals surface area contributed by atoms with Crippen molar-refractivity contribution in [2.75, 3.05) is 0 Å². The molecule has 0 aromatic carbocycles. The van der Waals surface area contributed by atoms with E-state index in [2.05, 4.69) is 67.2 Å². The summed E-state index contributed by atoms with van der Waals surface area (Å²) < 4.78 is 76.2.